The van der Waals surface area contributed by atoms with E-state index in [0.29, 0.717) is 10.9 Å². The Bertz CT molecular complexity index is 611. The lowest BCUT2D eigenvalue weighted by Gasteiger charge is -2.01. The minimum absolute atomic E-state index is 0.380. The van der Waals surface area contributed by atoms with Crippen LogP contribution in [0.25, 0.3) is 10.9 Å². The minimum Gasteiger partial charge on any atom is -0.372 e. The molecular formula is C9H6BrNO3. The molecule has 5 heteroatoms. The molecule has 14 heavy (non-hydrogen) atoms. The van der Waals surface area contributed by atoms with Gasteiger partial charge < -0.3 is 4.42 Å². The van der Waals surface area contributed by atoms with Gasteiger partial charge in [0, 0.05) is 4.47 Å². The van der Waals surface area contributed by atoms with Crippen molar-refractivity contribution in [3.63, 3.8) is 0 Å². The molecule has 0 amide bonds. The van der Waals surface area contributed by atoms with Crippen LogP contribution in [0.3, 0.4) is 0 Å². The molecule has 0 fully saturated rings. The van der Waals surface area contributed by atoms with E-state index in [2.05, 4.69) is 25.3 Å². The number of benzene rings is 1. The van der Waals surface area contributed by atoms with E-state index in [1.165, 1.54) is 0 Å². The molecule has 2 aromatic rings. The molecule has 0 aliphatic rings. The second-order valence-corrected chi connectivity index (χ2v) is 3.75. The first-order valence-electron chi connectivity index (χ1n) is 3.92. The summed E-state index contributed by atoms with van der Waals surface area (Å²) in [4.78, 5) is 24.7. The van der Waals surface area contributed by atoms with Crippen LogP contribution < -0.4 is 11.4 Å². The number of nitrogens with one attached hydrogen (secondary N) is 1. The van der Waals surface area contributed by atoms with E-state index in [4.69, 9.17) is 0 Å². The Morgan fingerprint density at radius 3 is 2.79 bits per heavy atom. The van der Waals surface area contributed by atoms with Gasteiger partial charge in [0.05, 0.1) is 10.9 Å². The van der Waals surface area contributed by atoms with Gasteiger partial charge in [-0.2, -0.15) is 0 Å². The van der Waals surface area contributed by atoms with Crippen molar-refractivity contribution in [1.29, 1.82) is 0 Å². The van der Waals surface area contributed by atoms with Crippen molar-refractivity contribution < 1.29 is 4.42 Å². The number of hydrogen-bond donors (Lipinski definition) is 1. The fourth-order valence-electron chi connectivity index (χ4n) is 1.28. The molecule has 0 radical (unpaired) electrons. The zero-order valence-corrected chi connectivity index (χ0v) is 8.84. The van der Waals surface area contributed by atoms with E-state index in [1.807, 2.05) is 6.92 Å². The lowest BCUT2D eigenvalue weighted by atomic mass is 10.1. The Morgan fingerprint density at radius 1 is 1.36 bits per heavy atom. The zero-order valence-electron chi connectivity index (χ0n) is 7.26. The molecule has 0 unspecified atom stereocenters. The van der Waals surface area contributed by atoms with Crippen LogP contribution in [-0.4, -0.2) is 4.98 Å². The fraction of sp³-hybridized carbons (Fsp3) is 0.111. The van der Waals surface area contributed by atoms with Crippen molar-refractivity contribution >= 4 is 26.8 Å². The summed E-state index contributed by atoms with van der Waals surface area (Å²) < 4.78 is 5.24. The second-order valence-electron chi connectivity index (χ2n) is 2.90. The number of rotatable bonds is 0. The first-order chi connectivity index (χ1) is 6.59. The van der Waals surface area contributed by atoms with E-state index in [1.54, 1.807) is 12.1 Å². The smallest absolute Gasteiger partial charge is 0.372 e. The number of aryl methyl sites for hydroxylation is 1. The molecule has 1 aromatic heterocycles. The van der Waals surface area contributed by atoms with Crippen LogP contribution in [-0.2, 0) is 0 Å². The largest absolute Gasteiger partial charge is 0.419 e. The summed E-state index contributed by atoms with van der Waals surface area (Å²) in [6.45, 7) is 1.81. The van der Waals surface area contributed by atoms with E-state index in [0.717, 1.165) is 10.0 Å². The van der Waals surface area contributed by atoms with Crippen molar-refractivity contribution in [1.82, 2.24) is 4.98 Å². The van der Waals surface area contributed by atoms with Gasteiger partial charge in [-0.3, -0.25) is 4.98 Å². The van der Waals surface area contributed by atoms with Gasteiger partial charge in [-0.25, -0.2) is 9.59 Å². The highest BCUT2D eigenvalue weighted by atomic mass is 79.9. The van der Waals surface area contributed by atoms with E-state index in [9.17, 15) is 9.59 Å². The summed E-state index contributed by atoms with van der Waals surface area (Å²) in [5.74, 6) is -0.733. The Balaban J connectivity index is 3.10. The zero-order chi connectivity index (χ0) is 10.3. The van der Waals surface area contributed by atoms with Gasteiger partial charge in [0.15, 0.2) is 0 Å². The predicted octanol–water partition coefficient (Wildman–Crippen LogP) is 1.55. The molecule has 0 saturated carbocycles. The van der Waals surface area contributed by atoms with Gasteiger partial charge in [-0.15, -0.1) is 0 Å². The Labute approximate surface area is 86.7 Å². The number of halogens is 1. The van der Waals surface area contributed by atoms with Gasteiger partial charge >= 0.3 is 11.4 Å². The van der Waals surface area contributed by atoms with Crippen LogP contribution in [0.2, 0.25) is 0 Å². The third-order valence-electron chi connectivity index (χ3n) is 2.03. The molecule has 0 saturated heterocycles. The van der Waals surface area contributed by atoms with E-state index in [-0.39, 0.29) is 0 Å². The summed E-state index contributed by atoms with van der Waals surface area (Å²) in [7, 11) is 0. The first kappa shape index (κ1) is 9.21. The number of aromatic amines is 1. The van der Waals surface area contributed by atoms with E-state index >= 15 is 0 Å². The third-order valence-corrected chi connectivity index (χ3v) is 2.89. The first-order valence-corrected chi connectivity index (χ1v) is 4.71. The van der Waals surface area contributed by atoms with Crippen LogP contribution in [0.1, 0.15) is 5.56 Å². The molecule has 0 aliphatic heterocycles. The molecule has 1 N–H and O–H groups in total. The van der Waals surface area contributed by atoms with Crippen LogP contribution in [0.4, 0.5) is 0 Å². The fourth-order valence-corrected chi connectivity index (χ4v) is 1.61. The standard InChI is InChI=1S/C9H6BrNO3/c1-4-6(10)3-2-5-7(4)11-9(13)14-8(5)12/h2-3H,1H3,(H,11,13). The maximum Gasteiger partial charge on any atom is 0.419 e. The number of hydrogen-bond acceptors (Lipinski definition) is 3. The SMILES string of the molecule is Cc1c(Br)ccc2c(=O)oc(=O)[nH]c12. The van der Waals surface area contributed by atoms with Crippen molar-refractivity contribution in [3.05, 3.63) is 43.1 Å². The molecule has 0 atom stereocenters. The normalized spacial score (nSPS) is 10.7. The van der Waals surface area contributed by atoms with Crippen molar-refractivity contribution in [2.75, 3.05) is 0 Å². The lowest BCUT2D eigenvalue weighted by molar-refractivity contribution is 0.460. The highest BCUT2D eigenvalue weighted by Gasteiger charge is 2.06. The second kappa shape index (κ2) is 3.09. The lowest BCUT2D eigenvalue weighted by Crippen LogP contribution is -2.15. The van der Waals surface area contributed by atoms with Gasteiger partial charge in [-0.05, 0) is 24.6 Å². The van der Waals surface area contributed by atoms with Crippen LogP contribution in [0.5, 0.6) is 0 Å². The quantitative estimate of drug-likeness (QED) is 0.777. The van der Waals surface area contributed by atoms with Crippen molar-refractivity contribution in [2.45, 2.75) is 6.92 Å². The molecule has 1 aromatic carbocycles. The summed E-state index contributed by atoms with van der Waals surface area (Å²) in [5, 5.41) is 0.380. The van der Waals surface area contributed by atoms with E-state index < -0.39 is 11.4 Å². The molecule has 72 valence electrons. The number of H-pyrrole nitrogens is 1. The molecular weight excluding hydrogens is 250 g/mol. The molecule has 0 aliphatic carbocycles. The predicted molar refractivity (Wildman–Crippen MR) is 55.5 cm³/mol. The van der Waals surface area contributed by atoms with Crippen LogP contribution in [0, 0.1) is 6.92 Å². The maximum absolute atomic E-state index is 11.3. The molecule has 2 rings (SSSR count). The van der Waals surface area contributed by atoms with Crippen LogP contribution >= 0.6 is 15.9 Å². The minimum atomic E-state index is -0.733. The number of fused-ring (bicyclic) bond motifs is 1. The summed E-state index contributed by atoms with van der Waals surface area (Å²) in [6.07, 6.45) is 0. The summed E-state index contributed by atoms with van der Waals surface area (Å²) in [5.41, 5.74) is 0.715. The molecule has 1 heterocycles. The Morgan fingerprint density at radius 2 is 2.07 bits per heavy atom. The summed E-state index contributed by atoms with van der Waals surface area (Å²) in [6, 6.07) is 3.35. The van der Waals surface area contributed by atoms with Crippen LogP contribution in [0.15, 0.2) is 30.6 Å². The highest BCUT2D eigenvalue weighted by Crippen LogP contribution is 2.21. The topological polar surface area (TPSA) is 63.1 Å². The molecule has 0 spiro atoms. The average molecular weight is 256 g/mol. The summed E-state index contributed by atoms with van der Waals surface area (Å²) >= 11 is 3.31. The maximum atomic E-state index is 11.3. The number of aromatic nitrogens is 1. The van der Waals surface area contributed by atoms with Gasteiger partial charge in [-0.1, -0.05) is 15.9 Å². The Hall–Kier alpha value is -1.36. The highest BCUT2D eigenvalue weighted by molar-refractivity contribution is 9.10. The Kier molecular flexibility index (Phi) is 2.03. The van der Waals surface area contributed by atoms with Gasteiger partial charge in [0.25, 0.3) is 0 Å². The molecule has 0 bridgehead atoms. The molecule has 4 nitrogen and oxygen atoms in total. The monoisotopic (exact) mass is 255 g/mol. The van der Waals surface area contributed by atoms with Gasteiger partial charge in [0.1, 0.15) is 0 Å². The van der Waals surface area contributed by atoms with Gasteiger partial charge in [0.2, 0.25) is 0 Å². The average Bonchev–Trinajstić information content (AvgIpc) is 2.12. The van der Waals surface area contributed by atoms with Crippen molar-refractivity contribution in [2.24, 2.45) is 0 Å². The third kappa shape index (κ3) is 1.29. The van der Waals surface area contributed by atoms with Crippen molar-refractivity contribution in [3.8, 4) is 0 Å².